The molecule has 0 aromatic rings. The molecule has 27 heavy (non-hydrogen) atoms. The zero-order chi connectivity index (χ0) is 19.3. The molecule has 0 aliphatic heterocycles. The Morgan fingerprint density at radius 2 is 1.22 bits per heavy atom. The van der Waals surface area contributed by atoms with Crippen molar-refractivity contribution in [3.8, 4) is 0 Å². The van der Waals surface area contributed by atoms with Gasteiger partial charge >= 0.3 is 41.5 Å². The molecule has 0 atom stereocenters. The Labute approximate surface area is 189 Å². The molecular formula is C22H41NaO4. The van der Waals surface area contributed by atoms with Gasteiger partial charge in [-0.1, -0.05) is 78.1 Å². The number of esters is 2. The third-order valence-electron chi connectivity index (χ3n) is 4.31. The fourth-order valence-electron chi connectivity index (χ4n) is 2.64. The van der Waals surface area contributed by atoms with Gasteiger partial charge < -0.3 is 9.47 Å². The van der Waals surface area contributed by atoms with Crippen LogP contribution in [-0.4, -0.2) is 48.1 Å². The molecule has 0 aliphatic carbocycles. The second-order valence-electron chi connectivity index (χ2n) is 6.91. The summed E-state index contributed by atoms with van der Waals surface area (Å²) in [5, 5.41) is 0. The number of ether oxygens (including phenoxy) is 2. The molecule has 0 amide bonds. The predicted octanol–water partition coefficient (Wildman–Crippen LogP) is 5.83. The molecule has 5 heteroatoms. The molecule has 0 bridgehead atoms. The fourth-order valence-corrected chi connectivity index (χ4v) is 2.64. The summed E-state index contributed by atoms with van der Waals surface area (Å²) >= 11 is 0. The van der Waals surface area contributed by atoms with Gasteiger partial charge in [-0.15, -0.1) is 0 Å². The molecule has 0 heterocycles. The van der Waals surface area contributed by atoms with E-state index in [1.165, 1.54) is 51.2 Å². The predicted molar refractivity (Wildman–Crippen MR) is 114 cm³/mol. The van der Waals surface area contributed by atoms with Crippen LogP contribution in [0.1, 0.15) is 110 Å². The summed E-state index contributed by atoms with van der Waals surface area (Å²) < 4.78 is 10.1. The average molecular weight is 393 g/mol. The number of unbranched alkanes of at least 4 members (excludes halogenated alkanes) is 11. The van der Waals surface area contributed by atoms with Crippen molar-refractivity contribution in [2.45, 2.75) is 110 Å². The van der Waals surface area contributed by atoms with Crippen molar-refractivity contribution in [2.75, 3.05) is 6.61 Å². The molecule has 0 aromatic heterocycles. The monoisotopic (exact) mass is 392 g/mol. The Morgan fingerprint density at radius 1 is 0.704 bits per heavy atom. The first-order valence-corrected chi connectivity index (χ1v) is 10.7. The van der Waals surface area contributed by atoms with E-state index in [1.54, 1.807) is 0 Å². The molecule has 0 radical (unpaired) electrons. The van der Waals surface area contributed by atoms with Crippen molar-refractivity contribution >= 4 is 41.5 Å². The van der Waals surface area contributed by atoms with E-state index in [0.29, 0.717) is 6.61 Å². The summed E-state index contributed by atoms with van der Waals surface area (Å²) in [7, 11) is 0. The second kappa shape index (κ2) is 23.7. The van der Waals surface area contributed by atoms with E-state index >= 15 is 0 Å². The third kappa shape index (κ3) is 23.6. The van der Waals surface area contributed by atoms with Crippen LogP contribution < -0.4 is 0 Å². The van der Waals surface area contributed by atoms with E-state index in [-0.39, 0.29) is 54.3 Å². The van der Waals surface area contributed by atoms with Gasteiger partial charge in [-0.3, -0.25) is 9.59 Å². The minimum absolute atomic E-state index is 0. The zero-order valence-electron chi connectivity index (χ0n) is 17.1. The maximum absolute atomic E-state index is 11.5. The Balaban J connectivity index is 0. The van der Waals surface area contributed by atoms with Crippen molar-refractivity contribution in [3.05, 3.63) is 12.3 Å². The van der Waals surface area contributed by atoms with Crippen molar-refractivity contribution in [2.24, 2.45) is 0 Å². The summed E-state index contributed by atoms with van der Waals surface area (Å²) in [6, 6.07) is 0. The summed E-state index contributed by atoms with van der Waals surface area (Å²) in [5.41, 5.74) is 0. The van der Waals surface area contributed by atoms with Crippen molar-refractivity contribution in [1.29, 1.82) is 0 Å². The van der Waals surface area contributed by atoms with E-state index < -0.39 is 0 Å². The Kier molecular flexibility index (Phi) is 25.4. The van der Waals surface area contributed by atoms with Crippen LogP contribution in [0, 0.1) is 0 Å². The van der Waals surface area contributed by atoms with Gasteiger partial charge in [-0.2, -0.15) is 0 Å². The van der Waals surface area contributed by atoms with Crippen LogP contribution >= 0.6 is 0 Å². The normalized spacial score (nSPS) is 10.6. The van der Waals surface area contributed by atoms with Gasteiger partial charge in [0.2, 0.25) is 0 Å². The van der Waals surface area contributed by atoms with Gasteiger partial charge in [0.05, 0.1) is 25.7 Å². The van der Waals surface area contributed by atoms with Crippen LogP contribution in [0.3, 0.4) is 0 Å². The van der Waals surface area contributed by atoms with Crippen LogP contribution in [0.5, 0.6) is 0 Å². The summed E-state index contributed by atoms with van der Waals surface area (Å²) in [5.74, 6) is -0.693. The number of hydrogen-bond donors (Lipinski definition) is 0. The van der Waals surface area contributed by atoms with E-state index in [1.807, 2.05) is 6.08 Å². The van der Waals surface area contributed by atoms with Gasteiger partial charge in [0.1, 0.15) is 0 Å². The number of rotatable bonds is 18. The average Bonchev–Trinajstić information content (AvgIpc) is 2.64. The van der Waals surface area contributed by atoms with Crippen LogP contribution in [0.4, 0.5) is 0 Å². The van der Waals surface area contributed by atoms with E-state index in [9.17, 15) is 9.59 Å². The topological polar surface area (TPSA) is 52.6 Å². The summed E-state index contributed by atoms with van der Waals surface area (Å²) in [6.45, 7) is 4.83. The van der Waals surface area contributed by atoms with E-state index in [0.717, 1.165) is 38.5 Å². The molecule has 154 valence electrons. The van der Waals surface area contributed by atoms with Crippen molar-refractivity contribution in [3.63, 3.8) is 0 Å². The zero-order valence-corrected chi connectivity index (χ0v) is 17.1. The maximum atomic E-state index is 11.5. The molecule has 0 aliphatic rings. The molecule has 0 N–H and O–H groups in total. The second-order valence-corrected chi connectivity index (χ2v) is 6.91. The standard InChI is InChI=1S/C22H40O4.Na.H/c1-3-5-7-9-10-11-12-13-14-16-20-26-22(24)18-17-21(23)25-19-15-8-6-4-2;;/h16,20H,3-15,17-19H2,1-2H3;;. The van der Waals surface area contributed by atoms with Crippen LogP contribution in [-0.2, 0) is 19.1 Å². The van der Waals surface area contributed by atoms with Crippen molar-refractivity contribution in [1.82, 2.24) is 0 Å². The Hall–Kier alpha value is -0.320. The van der Waals surface area contributed by atoms with Gasteiger partial charge in [-0.25, -0.2) is 0 Å². The van der Waals surface area contributed by atoms with Crippen molar-refractivity contribution < 1.29 is 19.1 Å². The molecule has 4 nitrogen and oxygen atoms in total. The first kappa shape index (κ1) is 28.9. The summed E-state index contributed by atoms with van der Waals surface area (Å²) in [4.78, 5) is 23.0. The molecule has 0 rings (SSSR count). The van der Waals surface area contributed by atoms with Crippen LogP contribution in [0.15, 0.2) is 12.3 Å². The Morgan fingerprint density at radius 3 is 1.85 bits per heavy atom. The van der Waals surface area contributed by atoms with E-state index in [2.05, 4.69) is 13.8 Å². The molecular weight excluding hydrogens is 351 g/mol. The van der Waals surface area contributed by atoms with Crippen LogP contribution in [0.25, 0.3) is 0 Å². The third-order valence-corrected chi connectivity index (χ3v) is 4.31. The molecule has 0 aromatic carbocycles. The molecule has 0 fully saturated rings. The molecule has 0 unspecified atom stereocenters. The number of carbonyl (C=O) groups excluding carboxylic acids is 2. The first-order chi connectivity index (χ1) is 12.7. The van der Waals surface area contributed by atoms with Gasteiger partial charge in [0, 0.05) is 0 Å². The molecule has 0 saturated carbocycles. The fraction of sp³-hybridized carbons (Fsp3) is 0.818. The number of carbonyl (C=O) groups is 2. The van der Waals surface area contributed by atoms with Gasteiger partial charge in [-0.05, 0) is 25.3 Å². The minimum atomic E-state index is -0.375. The molecule has 0 saturated heterocycles. The van der Waals surface area contributed by atoms with E-state index in [4.69, 9.17) is 9.47 Å². The van der Waals surface area contributed by atoms with Gasteiger partial charge in [0.25, 0.3) is 0 Å². The quantitative estimate of drug-likeness (QED) is 0.127. The molecule has 0 spiro atoms. The SMILES string of the molecule is CCCCCCCCCCC=COC(=O)CCC(=O)OCCCCCC.[NaH]. The number of hydrogen-bond acceptors (Lipinski definition) is 4. The Bertz CT molecular complexity index is 369. The number of allylic oxidation sites excluding steroid dienone is 1. The van der Waals surface area contributed by atoms with Crippen LogP contribution in [0.2, 0.25) is 0 Å². The van der Waals surface area contributed by atoms with Gasteiger partial charge in [0.15, 0.2) is 0 Å². The first-order valence-electron chi connectivity index (χ1n) is 10.7. The summed E-state index contributed by atoms with van der Waals surface area (Å²) in [6.07, 6.45) is 19.1.